The molecule has 0 spiro atoms. The third-order valence-electron chi connectivity index (χ3n) is 4.61. The zero-order valence-electron chi connectivity index (χ0n) is 14.6. The summed E-state index contributed by atoms with van der Waals surface area (Å²) in [5.41, 5.74) is 1.54. The van der Waals surface area contributed by atoms with Crippen LogP contribution in [0.25, 0.3) is 11.4 Å². The smallest absolute Gasteiger partial charge is 0.321 e. The average Bonchev–Trinajstić information content (AvgIpc) is 3.35. The van der Waals surface area contributed by atoms with Gasteiger partial charge >= 0.3 is 6.03 Å². The van der Waals surface area contributed by atoms with Crippen molar-refractivity contribution in [2.24, 2.45) is 5.92 Å². The number of likely N-dealkylation sites (tertiary alicyclic amines) is 1. The van der Waals surface area contributed by atoms with Gasteiger partial charge < -0.3 is 14.7 Å². The van der Waals surface area contributed by atoms with Crippen molar-refractivity contribution in [1.29, 1.82) is 0 Å². The van der Waals surface area contributed by atoms with Crippen LogP contribution in [-0.4, -0.2) is 34.2 Å². The summed E-state index contributed by atoms with van der Waals surface area (Å²) in [5.74, 6) is 1.15. The van der Waals surface area contributed by atoms with Crippen molar-refractivity contribution >= 4 is 23.1 Å². The van der Waals surface area contributed by atoms with Crippen molar-refractivity contribution in [2.45, 2.75) is 19.3 Å². The van der Waals surface area contributed by atoms with Crippen LogP contribution in [0.2, 0.25) is 0 Å². The Labute approximate surface area is 160 Å². The lowest BCUT2D eigenvalue weighted by Crippen LogP contribution is -2.42. The van der Waals surface area contributed by atoms with E-state index in [-0.39, 0.29) is 17.8 Å². The number of hydrogen-bond acceptors (Lipinski definition) is 5. The number of aromatic nitrogens is 2. The number of carbonyl (C=O) groups is 1. The molecular weight excluding hydrogens is 367 g/mol. The van der Waals surface area contributed by atoms with E-state index in [0.29, 0.717) is 36.9 Å². The Morgan fingerprint density at radius 1 is 1.33 bits per heavy atom. The molecule has 1 atom stereocenters. The number of carbonyl (C=O) groups excluding carboxylic acids is 1. The van der Waals surface area contributed by atoms with Crippen LogP contribution in [0, 0.1) is 11.7 Å². The van der Waals surface area contributed by atoms with E-state index in [4.69, 9.17) is 4.52 Å². The molecule has 1 saturated heterocycles. The van der Waals surface area contributed by atoms with Gasteiger partial charge in [-0.1, -0.05) is 5.16 Å². The molecule has 0 aliphatic carbocycles. The SMILES string of the molecule is O=C(Nc1ccc(F)cc1)N1CCCC(Cc2nc(-c3ccsc3)no2)C1. The Hall–Kier alpha value is -2.74. The van der Waals surface area contributed by atoms with Gasteiger partial charge in [0.15, 0.2) is 0 Å². The summed E-state index contributed by atoms with van der Waals surface area (Å²) < 4.78 is 18.4. The van der Waals surface area contributed by atoms with E-state index in [2.05, 4.69) is 15.5 Å². The maximum absolute atomic E-state index is 13.0. The Balaban J connectivity index is 1.35. The molecule has 1 aromatic carbocycles. The van der Waals surface area contributed by atoms with Crippen LogP contribution in [0.5, 0.6) is 0 Å². The molecule has 1 N–H and O–H groups in total. The molecule has 140 valence electrons. The summed E-state index contributed by atoms with van der Waals surface area (Å²) in [5, 5.41) is 10.8. The van der Waals surface area contributed by atoms with Crippen LogP contribution in [0.3, 0.4) is 0 Å². The molecule has 4 rings (SSSR count). The number of amides is 2. The first-order valence-corrected chi connectivity index (χ1v) is 9.78. The summed E-state index contributed by atoms with van der Waals surface area (Å²) in [6.45, 7) is 1.33. The predicted molar refractivity (Wildman–Crippen MR) is 101 cm³/mol. The highest BCUT2D eigenvalue weighted by molar-refractivity contribution is 7.08. The van der Waals surface area contributed by atoms with Crippen LogP contribution in [0.15, 0.2) is 45.6 Å². The third-order valence-corrected chi connectivity index (χ3v) is 5.30. The van der Waals surface area contributed by atoms with Crippen LogP contribution >= 0.6 is 11.3 Å². The number of halogens is 1. The van der Waals surface area contributed by atoms with Crippen LogP contribution < -0.4 is 5.32 Å². The van der Waals surface area contributed by atoms with E-state index in [0.717, 1.165) is 18.4 Å². The molecule has 2 amide bonds. The summed E-state index contributed by atoms with van der Waals surface area (Å²) in [6.07, 6.45) is 2.58. The largest absolute Gasteiger partial charge is 0.339 e. The Morgan fingerprint density at radius 2 is 2.19 bits per heavy atom. The van der Waals surface area contributed by atoms with Crippen LogP contribution in [-0.2, 0) is 6.42 Å². The van der Waals surface area contributed by atoms with Gasteiger partial charge in [-0.2, -0.15) is 16.3 Å². The molecule has 3 heterocycles. The molecule has 1 aliphatic heterocycles. The fourth-order valence-electron chi connectivity index (χ4n) is 3.25. The fourth-order valence-corrected chi connectivity index (χ4v) is 3.88. The van der Waals surface area contributed by atoms with Crippen molar-refractivity contribution in [3.8, 4) is 11.4 Å². The molecule has 27 heavy (non-hydrogen) atoms. The van der Waals surface area contributed by atoms with Gasteiger partial charge in [0.1, 0.15) is 5.82 Å². The predicted octanol–water partition coefficient (Wildman–Crippen LogP) is 4.42. The van der Waals surface area contributed by atoms with Crippen molar-refractivity contribution in [2.75, 3.05) is 18.4 Å². The van der Waals surface area contributed by atoms with Gasteiger partial charge in [0.05, 0.1) is 0 Å². The molecule has 1 aliphatic rings. The van der Waals surface area contributed by atoms with Gasteiger partial charge in [-0.25, -0.2) is 9.18 Å². The first kappa shape index (κ1) is 17.7. The number of nitrogens with zero attached hydrogens (tertiary/aromatic N) is 3. The second-order valence-corrected chi connectivity index (χ2v) is 7.40. The minimum Gasteiger partial charge on any atom is -0.339 e. The zero-order valence-corrected chi connectivity index (χ0v) is 15.4. The molecule has 3 aromatic rings. The van der Waals surface area contributed by atoms with Gasteiger partial charge in [0.25, 0.3) is 0 Å². The highest BCUT2D eigenvalue weighted by Gasteiger charge is 2.25. The van der Waals surface area contributed by atoms with E-state index in [1.165, 1.54) is 12.1 Å². The molecule has 6 nitrogen and oxygen atoms in total. The number of nitrogens with one attached hydrogen (secondary N) is 1. The quantitative estimate of drug-likeness (QED) is 0.720. The van der Waals surface area contributed by atoms with Gasteiger partial charge in [0, 0.05) is 36.1 Å². The normalized spacial score (nSPS) is 17.1. The first-order chi connectivity index (χ1) is 13.2. The first-order valence-electron chi connectivity index (χ1n) is 8.84. The highest BCUT2D eigenvalue weighted by atomic mass is 32.1. The summed E-state index contributed by atoms with van der Waals surface area (Å²) in [4.78, 5) is 18.7. The second kappa shape index (κ2) is 7.87. The minimum absolute atomic E-state index is 0.171. The summed E-state index contributed by atoms with van der Waals surface area (Å²) >= 11 is 1.59. The highest BCUT2D eigenvalue weighted by Crippen LogP contribution is 2.23. The molecule has 1 unspecified atom stereocenters. The number of rotatable bonds is 4. The Kier molecular flexibility index (Phi) is 5.15. The van der Waals surface area contributed by atoms with Crippen molar-refractivity contribution in [3.63, 3.8) is 0 Å². The van der Waals surface area contributed by atoms with Gasteiger partial charge in [0.2, 0.25) is 11.7 Å². The van der Waals surface area contributed by atoms with Crippen molar-refractivity contribution in [1.82, 2.24) is 15.0 Å². The molecule has 2 aromatic heterocycles. The lowest BCUT2D eigenvalue weighted by Gasteiger charge is -2.32. The average molecular weight is 386 g/mol. The third kappa shape index (κ3) is 4.33. The lowest BCUT2D eigenvalue weighted by molar-refractivity contribution is 0.173. The molecule has 8 heteroatoms. The number of hydrogen-bond donors (Lipinski definition) is 1. The van der Waals surface area contributed by atoms with Gasteiger partial charge in [-0.05, 0) is 54.5 Å². The maximum Gasteiger partial charge on any atom is 0.321 e. The molecule has 0 radical (unpaired) electrons. The number of urea groups is 1. The van der Waals surface area contributed by atoms with E-state index in [1.54, 1.807) is 28.4 Å². The summed E-state index contributed by atoms with van der Waals surface area (Å²) in [7, 11) is 0. The number of anilines is 1. The Morgan fingerprint density at radius 3 is 2.96 bits per heavy atom. The molecular formula is C19H19FN4O2S. The van der Waals surface area contributed by atoms with Crippen LogP contribution in [0.1, 0.15) is 18.7 Å². The van der Waals surface area contributed by atoms with E-state index < -0.39 is 0 Å². The van der Waals surface area contributed by atoms with Crippen molar-refractivity contribution in [3.05, 3.63) is 52.8 Å². The Bertz CT molecular complexity index is 895. The van der Waals surface area contributed by atoms with E-state index in [9.17, 15) is 9.18 Å². The zero-order chi connectivity index (χ0) is 18.6. The lowest BCUT2D eigenvalue weighted by atomic mass is 9.95. The molecule has 1 fully saturated rings. The monoisotopic (exact) mass is 386 g/mol. The minimum atomic E-state index is -0.326. The van der Waals surface area contributed by atoms with Gasteiger partial charge in [-0.3, -0.25) is 0 Å². The maximum atomic E-state index is 13.0. The molecule has 0 saturated carbocycles. The van der Waals surface area contributed by atoms with Crippen LogP contribution in [0.4, 0.5) is 14.9 Å². The van der Waals surface area contributed by atoms with E-state index in [1.807, 2.05) is 16.8 Å². The van der Waals surface area contributed by atoms with Gasteiger partial charge in [-0.15, -0.1) is 0 Å². The topological polar surface area (TPSA) is 71.3 Å². The number of benzene rings is 1. The fraction of sp³-hybridized carbons (Fsp3) is 0.316. The summed E-state index contributed by atoms with van der Waals surface area (Å²) in [6, 6.07) is 7.56. The molecule has 0 bridgehead atoms. The second-order valence-electron chi connectivity index (χ2n) is 6.62. The van der Waals surface area contributed by atoms with Crippen molar-refractivity contribution < 1.29 is 13.7 Å². The number of thiophene rings is 1. The number of piperidine rings is 1. The standard InChI is InChI=1S/C19H19FN4O2S/c20-15-3-5-16(6-4-15)21-19(25)24-8-1-2-13(11-24)10-17-22-18(23-26-17)14-7-9-27-12-14/h3-7,9,12-13H,1-2,8,10-11H2,(H,21,25). The van der Waals surface area contributed by atoms with E-state index >= 15 is 0 Å².